The van der Waals surface area contributed by atoms with E-state index in [0.29, 0.717) is 0 Å². The SMILES string of the molecule is C1CCC[NH2+]CCC1.O=C([O-])C(F)(F)F. The molecule has 0 aliphatic carbocycles. The lowest BCUT2D eigenvalue weighted by Gasteiger charge is -2.05. The largest absolute Gasteiger partial charge is 0.542 e. The summed E-state index contributed by atoms with van der Waals surface area (Å²) >= 11 is 0. The molecule has 90 valence electrons. The lowest BCUT2D eigenvalue weighted by Crippen LogP contribution is -2.84. The van der Waals surface area contributed by atoms with Crippen LogP contribution >= 0.6 is 0 Å². The molecule has 0 radical (unpaired) electrons. The molecule has 1 rings (SSSR count). The summed E-state index contributed by atoms with van der Waals surface area (Å²) in [4.78, 5) is 8.78. The second kappa shape index (κ2) is 7.50. The smallest absolute Gasteiger partial charge is 0.430 e. The Morgan fingerprint density at radius 3 is 1.67 bits per heavy atom. The third-order valence-corrected chi connectivity index (χ3v) is 2.05. The highest BCUT2D eigenvalue weighted by Crippen LogP contribution is 2.11. The molecule has 0 bridgehead atoms. The molecule has 3 nitrogen and oxygen atoms in total. The summed E-state index contributed by atoms with van der Waals surface area (Å²) in [5.74, 6) is -3.01. The molecular formula is C9H16F3NO2. The first-order valence-electron chi connectivity index (χ1n) is 5.04. The lowest BCUT2D eigenvalue weighted by atomic mass is 10.1. The molecule has 0 aromatic rings. The maximum absolute atomic E-state index is 10.5. The van der Waals surface area contributed by atoms with Gasteiger partial charge in [0.2, 0.25) is 0 Å². The van der Waals surface area contributed by atoms with Crippen molar-refractivity contribution in [2.45, 2.75) is 38.3 Å². The third kappa shape index (κ3) is 9.52. The van der Waals surface area contributed by atoms with Crippen molar-refractivity contribution in [3.05, 3.63) is 0 Å². The fourth-order valence-electron chi connectivity index (χ4n) is 1.25. The Balaban J connectivity index is 0.000000265. The van der Waals surface area contributed by atoms with Gasteiger partial charge in [-0.2, -0.15) is 13.2 Å². The molecule has 1 aliphatic rings. The number of nitrogens with two attached hydrogens (primary N) is 1. The molecule has 15 heavy (non-hydrogen) atoms. The van der Waals surface area contributed by atoms with E-state index < -0.39 is 12.1 Å². The highest BCUT2D eigenvalue weighted by atomic mass is 19.4. The van der Waals surface area contributed by atoms with Gasteiger partial charge in [0.25, 0.3) is 0 Å². The highest BCUT2D eigenvalue weighted by Gasteiger charge is 2.28. The highest BCUT2D eigenvalue weighted by molar-refractivity contribution is 5.70. The summed E-state index contributed by atoms with van der Waals surface area (Å²) in [5, 5.41) is 11.2. The number of halogens is 3. The topological polar surface area (TPSA) is 56.7 Å². The zero-order valence-electron chi connectivity index (χ0n) is 8.48. The van der Waals surface area contributed by atoms with Crippen LogP contribution in [0.3, 0.4) is 0 Å². The summed E-state index contributed by atoms with van der Waals surface area (Å²) in [6, 6.07) is 0. The summed E-state index contributed by atoms with van der Waals surface area (Å²) in [6.45, 7) is 2.75. The first-order chi connectivity index (χ1) is 6.94. The molecule has 0 atom stereocenters. The molecular weight excluding hydrogens is 211 g/mol. The van der Waals surface area contributed by atoms with Gasteiger partial charge in [0, 0.05) is 0 Å². The van der Waals surface area contributed by atoms with Gasteiger partial charge in [-0.05, 0) is 25.7 Å². The van der Waals surface area contributed by atoms with Crippen LogP contribution in [0.1, 0.15) is 32.1 Å². The summed E-state index contributed by atoms with van der Waals surface area (Å²) in [5.41, 5.74) is 0. The lowest BCUT2D eigenvalue weighted by molar-refractivity contribution is -0.656. The van der Waals surface area contributed by atoms with Crippen LogP contribution in [0.15, 0.2) is 0 Å². The molecule has 0 aromatic carbocycles. The van der Waals surface area contributed by atoms with Crippen molar-refractivity contribution in [3.63, 3.8) is 0 Å². The Morgan fingerprint density at radius 1 is 1.00 bits per heavy atom. The van der Waals surface area contributed by atoms with E-state index in [9.17, 15) is 13.2 Å². The zero-order chi connectivity index (χ0) is 11.7. The van der Waals surface area contributed by atoms with E-state index in [1.54, 1.807) is 0 Å². The number of aliphatic carboxylic acids is 1. The average molecular weight is 227 g/mol. The van der Waals surface area contributed by atoms with Gasteiger partial charge in [-0.15, -0.1) is 0 Å². The molecule has 2 N–H and O–H groups in total. The van der Waals surface area contributed by atoms with Crippen molar-refractivity contribution < 1.29 is 28.4 Å². The monoisotopic (exact) mass is 227 g/mol. The standard InChI is InChI=1S/C7H15N.C2HF3O2/c1-2-4-6-8-7-5-3-1;3-2(4,5)1(6)7/h8H,1-7H2;(H,6,7). The van der Waals surface area contributed by atoms with E-state index >= 15 is 0 Å². The van der Waals surface area contributed by atoms with E-state index in [-0.39, 0.29) is 0 Å². The summed E-state index contributed by atoms with van der Waals surface area (Å²) in [7, 11) is 0. The van der Waals surface area contributed by atoms with Gasteiger partial charge in [-0.1, -0.05) is 6.42 Å². The van der Waals surface area contributed by atoms with Crippen molar-refractivity contribution in [2.24, 2.45) is 0 Å². The van der Waals surface area contributed by atoms with E-state index in [1.165, 1.54) is 45.2 Å². The molecule has 1 heterocycles. The van der Waals surface area contributed by atoms with Crippen molar-refractivity contribution in [3.8, 4) is 0 Å². The molecule has 0 amide bonds. The van der Waals surface area contributed by atoms with Gasteiger partial charge in [0.05, 0.1) is 13.1 Å². The molecule has 1 saturated heterocycles. The first-order valence-corrected chi connectivity index (χ1v) is 5.04. The van der Waals surface area contributed by atoms with Crippen LogP contribution in [0.25, 0.3) is 0 Å². The van der Waals surface area contributed by atoms with E-state index in [2.05, 4.69) is 5.32 Å². The van der Waals surface area contributed by atoms with Gasteiger partial charge < -0.3 is 15.2 Å². The average Bonchev–Trinajstić information content (AvgIpc) is 2.01. The molecule has 1 fully saturated rings. The molecule has 0 unspecified atom stereocenters. The second-order valence-corrected chi connectivity index (χ2v) is 3.42. The Kier molecular flexibility index (Phi) is 7.11. The van der Waals surface area contributed by atoms with Crippen LogP contribution < -0.4 is 10.4 Å². The maximum atomic E-state index is 10.5. The van der Waals surface area contributed by atoms with Crippen LogP contribution in [0.5, 0.6) is 0 Å². The minimum atomic E-state index is -5.19. The maximum Gasteiger partial charge on any atom is 0.430 e. The van der Waals surface area contributed by atoms with Crippen molar-refractivity contribution in [1.29, 1.82) is 0 Å². The zero-order valence-corrected chi connectivity index (χ0v) is 8.48. The number of carbonyl (C=O) groups is 1. The Morgan fingerprint density at radius 2 is 1.33 bits per heavy atom. The minimum Gasteiger partial charge on any atom is -0.542 e. The van der Waals surface area contributed by atoms with Gasteiger partial charge in [0.15, 0.2) is 0 Å². The molecule has 0 aromatic heterocycles. The third-order valence-electron chi connectivity index (χ3n) is 2.05. The number of rotatable bonds is 0. The number of carbonyl (C=O) groups excluding carboxylic acids is 1. The predicted molar refractivity (Wildman–Crippen MR) is 45.8 cm³/mol. The Bertz CT molecular complexity index is 159. The predicted octanol–water partition coefficient (Wildman–Crippen LogP) is -0.188. The molecule has 0 spiro atoms. The molecule has 0 saturated carbocycles. The second-order valence-electron chi connectivity index (χ2n) is 3.42. The first kappa shape index (κ1) is 14.2. The number of quaternary nitrogens is 1. The number of hydrogen-bond acceptors (Lipinski definition) is 2. The Labute approximate surface area is 86.7 Å². The molecule has 1 aliphatic heterocycles. The summed E-state index contributed by atoms with van der Waals surface area (Å²) in [6.07, 6.45) is 2.11. The van der Waals surface area contributed by atoms with Gasteiger partial charge in [-0.25, -0.2) is 0 Å². The summed E-state index contributed by atoms with van der Waals surface area (Å²) < 4.78 is 31.5. The van der Waals surface area contributed by atoms with E-state index in [1.807, 2.05) is 0 Å². The van der Waals surface area contributed by atoms with Crippen LogP contribution in [0.2, 0.25) is 0 Å². The van der Waals surface area contributed by atoms with Crippen molar-refractivity contribution in [2.75, 3.05) is 13.1 Å². The van der Waals surface area contributed by atoms with Crippen LogP contribution in [0.4, 0.5) is 13.2 Å². The number of alkyl halides is 3. The van der Waals surface area contributed by atoms with E-state index in [0.717, 1.165) is 0 Å². The van der Waals surface area contributed by atoms with Crippen LogP contribution in [-0.4, -0.2) is 25.2 Å². The number of carboxylic acid groups (broad SMARTS) is 1. The van der Waals surface area contributed by atoms with Crippen LogP contribution in [0, 0.1) is 0 Å². The normalized spacial score (nSPS) is 18.1. The quantitative estimate of drug-likeness (QED) is 0.623. The number of hydrogen-bond donors (Lipinski definition) is 1. The van der Waals surface area contributed by atoms with Gasteiger partial charge in [0.1, 0.15) is 5.97 Å². The number of carboxylic acids is 1. The van der Waals surface area contributed by atoms with Gasteiger partial charge in [-0.3, -0.25) is 0 Å². The van der Waals surface area contributed by atoms with Crippen LogP contribution in [-0.2, 0) is 4.79 Å². The van der Waals surface area contributed by atoms with Crippen molar-refractivity contribution in [1.82, 2.24) is 0 Å². The minimum absolute atomic E-state index is 1.38. The van der Waals surface area contributed by atoms with Crippen molar-refractivity contribution >= 4 is 5.97 Å². The van der Waals surface area contributed by atoms with Gasteiger partial charge >= 0.3 is 6.18 Å². The molecule has 6 heteroatoms. The fraction of sp³-hybridized carbons (Fsp3) is 0.889. The van der Waals surface area contributed by atoms with E-state index in [4.69, 9.17) is 9.90 Å². The Hall–Kier alpha value is -0.780. The fourth-order valence-corrected chi connectivity index (χ4v) is 1.25.